The lowest BCUT2D eigenvalue weighted by atomic mass is 9.92. The number of likely N-dealkylation sites (N-methyl/N-ethyl adjacent to an activating group) is 1. The fourth-order valence-electron chi connectivity index (χ4n) is 3.45. The molecule has 0 saturated carbocycles. The summed E-state index contributed by atoms with van der Waals surface area (Å²) < 4.78 is 11.6. The first-order valence-electron chi connectivity index (χ1n) is 12.8. The van der Waals surface area contributed by atoms with Crippen molar-refractivity contribution >= 4 is 35.4 Å². The van der Waals surface area contributed by atoms with Crippen LogP contribution in [0.4, 0.5) is 11.5 Å². The van der Waals surface area contributed by atoms with Gasteiger partial charge in [-0.3, -0.25) is 9.59 Å². The SMILES string of the molecule is CNC(=O)C1C=C(Oc2ccc(N)c(Cl)c2)C=CN1.COC.Cc1cccc(-n2nc(C(C)(C)C)cc2NC=O)c1. The molecule has 41 heavy (non-hydrogen) atoms. The standard InChI is InChI=1S/C15H19N3O.C13H14ClN3O2.C2H6O/c1-11-6-5-7-12(8-11)18-14(16-10-19)9-13(17-18)15(2,3)4;1-16-13(18)12-7-9(4-5-17-12)19-8-2-3-11(15)10(14)6-8;1-3-2/h5-10H,1-4H3,(H,16,19);2-7,12,17H,15H2,1H3,(H,16,18);1-2H3. The number of carbonyl (C=O) groups excluding carboxylic acids is 2. The summed E-state index contributed by atoms with van der Waals surface area (Å²) in [5.74, 6) is 1.67. The Morgan fingerprint density at radius 2 is 1.88 bits per heavy atom. The van der Waals surface area contributed by atoms with Gasteiger partial charge in [0.25, 0.3) is 0 Å². The van der Waals surface area contributed by atoms with Crippen LogP contribution in [0, 0.1) is 6.92 Å². The molecular weight excluding hydrogens is 544 g/mol. The molecule has 1 unspecified atom stereocenters. The third kappa shape index (κ3) is 10.0. The first kappa shape index (κ1) is 32.9. The van der Waals surface area contributed by atoms with Crippen LogP contribution in [0.2, 0.25) is 5.02 Å². The van der Waals surface area contributed by atoms with Gasteiger partial charge in [0.15, 0.2) is 0 Å². The van der Waals surface area contributed by atoms with Crippen molar-refractivity contribution in [2.45, 2.75) is 39.2 Å². The molecule has 0 radical (unpaired) electrons. The maximum Gasteiger partial charge on any atom is 0.246 e. The van der Waals surface area contributed by atoms with Crippen molar-refractivity contribution in [2.24, 2.45) is 0 Å². The fraction of sp³-hybridized carbons (Fsp3) is 0.300. The van der Waals surface area contributed by atoms with Crippen LogP contribution in [0.15, 0.2) is 72.6 Å². The van der Waals surface area contributed by atoms with Crippen LogP contribution in [0.1, 0.15) is 32.0 Å². The highest BCUT2D eigenvalue weighted by Crippen LogP contribution is 2.27. The zero-order chi connectivity index (χ0) is 30.6. The average molecular weight is 583 g/mol. The van der Waals surface area contributed by atoms with E-state index in [9.17, 15) is 9.59 Å². The van der Waals surface area contributed by atoms with Gasteiger partial charge in [0.1, 0.15) is 23.4 Å². The molecule has 1 aliphatic heterocycles. The number of aryl methyl sites for hydroxylation is 1. The summed E-state index contributed by atoms with van der Waals surface area (Å²) in [7, 11) is 4.83. The van der Waals surface area contributed by atoms with Crippen LogP contribution >= 0.6 is 11.6 Å². The number of anilines is 2. The fourth-order valence-corrected chi connectivity index (χ4v) is 3.62. The zero-order valence-electron chi connectivity index (χ0n) is 24.5. The summed E-state index contributed by atoms with van der Waals surface area (Å²) in [6, 6.07) is 14.5. The van der Waals surface area contributed by atoms with Crippen LogP contribution in [0.5, 0.6) is 5.75 Å². The molecule has 2 aromatic carbocycles. The van der Waals surface area contributed by atoms with Gasteiger partial charge in [0.05, 0.1) is 22.1 Å². The number of amides is 2. The van der Waals surface area contributed by atoms with Gasteiger partial charge in [-0.15, -0.1) is 0 Å². The Balaban J connectivity index is 0.000000262. The van der Waals surface area contributed by atoms with Crippen molar-refractivity contribution in [2.75, 3.05) is 32.3 Å². The highest BCUT2D eigenvalue weighted by atomic mass is 35.5. The first-order valence-corrected chi connectivity index (χ1v) is 13.2. The maximum atomic E-state index is 11.5. The second-order valence-electron chi connectivity index (χ2n) is 10.0. The molecule has 2 heterocycles. The summed E-state index contributed by atoms with van der Waals surface area (Å²) in [6.07, 6.45) is 5.75. The minimum absolute atomic E-state index is 0.0611. The minimum atomic E-state index is -0.450. The Morgan fingerprint density at radius 1 is 1.17 bits per heavy atom. The van der Waals surface area contributed by atoms with Crippen molar-refractivity contribution in [3.05, 3.63) is 88.9 Å². The second kappa shape index (κ2) is 15.5. The van der Waals surface area contributed by atoms with E-state index in [1.165, 1.54) is 0 Å². The molecule has 220 valence electrons. The van der Waals surface area contributed by atoms with Gasteiger partial charge >= 0.3 is 0 Å². The number of nitrogens with one attached hydrogen (secondary N) is 3. The number of carbonyl (C=O) groups is 2. The number of rotatable bonds is 6. The minimum Gasteiger partial charge on any atom is -0.458 e. The Kier molecular flexibility index (Phi) is 12.4. The molecule has 1 aliphatic rings. The van der Waals surface area contributed by atoms with Gasteiger partial charge in [0, 0.05) is 45.0 Å². The van der Waals surface area contributed by atoms with E-state index >= 15 is 0 Å². The van der Waals surface area contributed by atoms with Crippen molar-refractivity contribution in [1.82, 2.24) is 20.4 Å². The molecule has 5 N–H and O–H groups in total. The molecule has 3 aromatic rings. The largest absolute Gasteiger partial charge is 0.458 e. The number of nitrogens with zero attached hydrogens (tertiary/aromatic N) is 2. The predicted octanol–water partition coefficient (Wildman–Crippen LogP) is 4.73. The number of halogens is 1. The Bertz CT molecular complexity index is 1380. The molecule has 0 aliphatic carbocycles. The van der Waals surface area contributed by atoms with Crippen LogP contribution in [-0.2, 0) is 19.7 Å². The van der Waals surface area contributed by atoms with Crippen molar-refractivity contribution in [3.63, 3.8) is 0 Å². The lowest BCUT2D eigenvalue weighted by Gasteiger charge is -2.18. The third-order valence-electron chi connectivity index (χ3n) is 5.52. The van der Waals surface area contributed by atoms with Crippen LogP contribution < -0.4 is 26.4 Å². The molecule has 10 nitrogen and oxygen atoms in total. The number of aromatic nitrogens is 2. The summed E-state index contributed by atoms with van der Waals surface area (Å²) >= 11 is 5.91. The number of allylic oxidation sites excluding steroid dienone is 1. The molecule has 1 aromatic heterocycles. The van der Waals surface area contributed by atoms with Crippen molar-refractivity contribution < 1.29 is 19.1 Å². The van der Waals surface area contributed by atoms with Crippen molar-refractivity contribution in [3.8, 4) is 11.4 Å². The highest BCUT2D eigenvalue weighted by molar-refractivity contribution is 6.33. The van der Waals surface area contributed by atoms with Gasteiger partial charge in [-0.05, 0) is 48.9 Å². The number of ether oxygens (including phenoxy) is 2. The van der Waals surface area contributed by atoms with E-state index < -0.39 is 6.04 Å². The number of nitrogens with two attached hydrogens (primary N) is 1. The monoisotopic (exact) mass is 582 g/mol. The average Bonchev–Trinajstić information content (AvgIpc) is 3.36. The molecule has 0 bridgehead atoms. The Morgan fingerprint density at radius 3 is 2.46 bits per heavy atom. The highest BCUT2D eigenvalue weighted by Gasteiger charge is 2.20. The number of methoxy groups -OCH3 is 1. The van der Waals surface area contributed by atoms with E-state index in [4.69, 9.17) is 22.1 Å². The molecule has 4 rings (SSSR count). The summed E-state index contributed by atoms with van der Waals surface area (Å²) in [4.78, 5) is 22.2. The Labute approximate surface area is 246 Å². The van der Waals surface area contributed by atoms with Crippen LogP contribution in [0.25, 0.3) is 5.69 Å². The number of nitrogen functional groups attached to an aromatic ring is 1. The smallest absolute Gasteiger partial charge is 0.246 e. The van der Waals surface area contributed by atoms with Gasteiger partial charge in [0.2, 0.25) is 12.3 Å². The van der Waals surface area contributed by atoms with E-state index in [0.717, 1.165) is 16.9 Å². The molecule has 11 heteroatoms. The van der Waals surface area contributed by atoms with Crippen molar-refractivity contribution in [1.29, 1.82) is 0 Å². The number of hydrogen-bond acceptors (Lipinski definition) is 7. The van der Waals surface area contributed by atoms with E-state index in [1.807, 2.05) is 37.3 Å². The summed E-state index contributed by atoms with van der Waals surface area (Å²) in [6.45, 7) is 8.33. The number of dihydropyridines is 1. The molecule has 0 spiro atoms. The number of benzene rings is 2. The molecular formula is C30H39ClN6O4. The van der Waals surface area contributed by atoms with E-state index in [-0.39, 0.29) is 11.3 Å². The Hall–Kier alpha value is -4.28. The van der Waals surface area contributed by atoms with E-state index in [2.05, 4.69) is 46.6 Å². The van der Waals surface area contributed by atoms with Crippen LogP contribution in [0.3, 0.4) is 0 Å². The quantitative estimate of drug-likeness (QED) is 0.244. The summed E-state index contributed by atoms with van der Waals surface area (Å²) in [5, 5.41) is 13.2. The first-order chi connectivity index (χ1) is 19.4. The maximum absolute atomic E-state index is 11.5. The molecule has 2 amide bonds. The normalized spacial score (nSPS) is 13.8. The van der Waals surface area contributed by atoms with Gasteiger partial charge in [-0.25, -0.2) is 4.68 Å². The van der Waals surface area contributed by atoms with E-state index in [1.54, 1.807) is 62.5 Å². The third-order valence-corrected chi connectivity index (χ3v) is 5.85. The number of hydrogen-bond donors (Lipinski definition) is 4. The molecule has 1 atom stereocenters. The summed E-state index contributed by atoms with van der Waals surface area (Å²) in [5.41, 5.74) is 9.10. The van der Waals surface area contributed by atoms with Gasteiger partial charge in [-0.1, -0.05) is 44.5 Å². The van der Waals surface area contributed by atoms with Gasteiger partial charge < -0.3 is 31.2 Å². The molecule has 0 fully saturated rings. The lowest BCUT2D eigenvalue weighted by Crippen LogP contribution is -2.40. The molecule has 0 saturated heterocycles. The lowest BCUT2D eigenvalue weighted by molar-refractivity contribution is -0.121. The zero-order valence-corrected chi connectivity index (χ0v) is 25.2. The second-order valence-corrected chi connectivity index (χ2v) is 10.4. The van der Waals surface area contributed by atoms with Gasteiger partial charge in [-0.2, -0.15) is 5.10 Å². The van der Waals surface area contributed by atoms with E-state index in [0.29, 0.717) is 34.4 Å². The van der Waals surface area contributed by atoms with Crippen LogP contribution in [-0.4, -0.2) is 49.4 Å². The topological polar surface area (TPSA) is 133 Å². The predicted molar refractivity (Wildman–Crippen MR) is 164 cm³/mol.